The van der Waals surface area contributed by atoms with E-state index in [1.807, 2.05) is 19.1 Å². The number of aliphatic imine (C=N–C) groups is 1. The topological polar surface area (TPSA) is 62.1 Å². The summed E-state index contributed by atoms with van der Waals surface area (Å²) in [5, 5.41) is 8.86. The lowest BCUT2D eigenvalue weighted by Gasteiger charge is -2.28. The summed E-state index contributed by atoms with van der Waals surface area (Å²) in [6, 6.07) is 21.2. The van der Waals surface area contributed by atoms with Crippen molar-refractivity contribution >= 4 is 17.4 Å². The lowest BCUT2D eigenvalue weighted by atomic mass is 9.97. The molecule has 4 rings (SSSR count). The highest BCUT2D eigenvalue weighted by Crippen LogP contribution is 2.32. The lowest BCUT2D eigenvalue weighted by Crippen LogP contribution is -2.24. The van der Waals surface area contributed by atoms with Crippen LogP contribution in [-0.4, -0.2) is 36.5 Å². The van der Waals surface area contributed by atoms with Crippen LogP contribution < -0.4 is 9.64 Å². The molecule has 0 fully saturated rings. The molecule has 0 saturated carbocycles. The molecule has 33 heavy (non-hydrogen) atoms. The van der Waals surface area contributed by atoms with Crippen molar-refractivity contribution in [1.29, 1.82) is 0 Å². The molecule has 0 saturated heterocycles. The standard InChI is InChI=1S/C28H30N2O3/c1-4-14-30(17-21-8-13-27(19(2)15-21)33-18-28(31)32)26-7-5-6-24(20(26)3)22-9-11-23(12-10-22)25-16-29-25/h5-13,15H,4,14,16-18H2,1-3H3,(H,31,32). The van der Waals surface area contributed by atoms with Gasteiger partial charge in [0.15, 0.2) is 6.61 Å². The molecular weight excluding hydrogens is 412 g/mol. The normalized spacial score (nSPS) is 12.3. The molecular formula is C28H30N2O3. The Morgan fingerprint density at radius 2 is 1.79 bits per heavy atom. The summed E-state index contributed by atoms with van der Waals surface area (Å²) in [6.07, 6.45) is 1.04. The molecule has 0 unspecified atom stereocenters. The number of carboxylic acid groups (broad SMARTS) is 1. The fraction of sp³-hybridized carbons (Fsp3) is 0.286. The van der Waals surface area contributed by atoms with E-state index in [1.54, 1.807) is 0 Å². The maximum Gasteiger partial charge on any atom is 0.341 e. The summed E-state index contributed by atoms with van der Waals surface area (Å²) in [6.45, 7) is 8.60. The molecule has 0 amide bonds. The van der Waals surface area contributed by atoms with Crippen LogP contribution in [0.3, 0.4) is 0 Å². The highest BCUT2D eigenvalue weighted by atomic mass is 16.5. The van der Waals surface area contributed by atoms with Gasteiger partial charge in [-0.2, -0.15) is 0 Å². The third kappa shape index (κ3) is 5.43. The minimum Gasteiger partial charge on any atom is -0.482 e. The van der Waals surface area contributed by atoms with E-state index in [4.69, 9.17) is 9.84 Å². The first-order valence-corrected chi connectivity index (χ1v) is 11.4. The number of hydrogen-bond acceptors (Lipinski definition) is 4. The molecule has 0 radical (unpaired) electrons. The number of aliphatic carboxylic acids is 1. The molecule has 0 aromatic heterocycles. The van der Waals surface area contributed by atoms with Gasteiger partial charge in [0.2, 0.25) is 0 Å². The summed E-state index contributed by atoms with van der Waals surface area (Å²) >= 11 is 0. The Labute approximate surface area is 195 Å². The van der Waals surface area contributed by atoms with Gasteiger partial charge in [-0.05, 0) is 65.8 Å². The molecule has 5 nitrogen and oxygen atoms in total. The van der Waals surface area contributed by atoms with Crippen LogP contribution in [0.25, 0.3) is 11.1 Å². The van der Waals surface area contributed by atoms with E-state index < -0.39 is 5.97 Å². The first-order valence-electron chi connectivity index (χ1n) is 11.4. The third-order valence-corrected chi connectivity index (χ3v) is 5.95. The van der Waals surface area contributed by atoms with Crippen LogP contribution in [0.4, 0.5) is 5.69 Å². The van der Waals surface area contributed by atoms with Crippen LogP contribution >= 0.6 is 0 Å². The van der Waals surface area contributed by atoms with Gasteiger partial charge in [-0.3, -0.25) is 4.99 Å². The van der Waals surface area contributed by atoms with Crippen molar-refractivity contribution in [2.24, 2.45) is 4.99 Å². The molecule has 3 aromatic carbocycles. The highest BCUT2D eigenvalue weighted by molar-refractivity contribution is 6.10. The fourth-order valence-corrected chi connectivity index (χ4v) is 4.23. The van der Waals surface area contributed by atoms with Gasteiger partial charge in [-0.15, -0.1) is 0 Å². The molecule has 5 heteroatoms. The zero-order valence-electron chi connectivity index (χ0n) is 19.5. The van der Waals surface area contributed by atoms with E-state index in [0.717, 1.165) is 31.6 Å². The number of aryl methyl sites for hydroxylation is 1. The van der Waals surface area contributed by atoms with Crippen LogP contribution in [-0.2, 0) is 11.3 Å². The van der Waals surface area contributed by atoms with Gasteiger partial charge >= 0.3 is 5.97 Å². The zero-order valence-corrected chi connectivity index (χ0v) is 19.5. The molecule has 0 spiro atoms. The summed E-state index contributed by atoms with van der Waals surface area (Å²) in [5.74, 6) is -0.360. The van der Waals surface area contributed by atoms with Crippen molar-refractivity contribution in [1.82, 2.24) is 0 Å². The molecule has 0 bridgehead atoms. The van der Waals surface area contributed by atoms with Gasteiger partial charge in [0, 0.05) is 18.8 Å². The predicted molar refractivity (Wildman–Crippen MR) is 134 cm³/mol. The minimum atomic E-state index is -0.973. The Morgan fingerprint density at radius 3 is 2.42 bits per heavy atom. The molecule has 1 heterocycles. The molecule has 1 aliphatic rings. The summed E-state index contributed by atoms with van der Waals surface area (Å²) in [7, 11) is 0. The van der Waals surface area contributed by atoms with Crippen molar-refractivity contribution in [3.8, 4) is 16.9 Å². The van der Waals surface area contributed by atoms with Crippen molar-refractivity contribution < 1.29 is 14.6 Å². The number of hydrogen-bond donors (Lipinski definition) is 1. The van der Waals surface area contributed by atoms with E-state index in [1.165, 1.54) is 39.2 Å². The first-order chi connectivity index (χ1) is 16.0. The van der Waals surface area contributed by atoms with E-state index >= 15 is 0 Å². The summed E-state index contributed by atoms with van der Waals surface area (Å²) < 4.78 is 5.38. The van der Waals surface area contributed by atoms with Crippen LogP contribution in [0.1, 0.15) is 35.6 Å². The highest BCUT2D eigenvalue weighted by Gasteiger charge is 2.15. The van der Waals surface area contributed by atoms with Gasteiger partial charge in [0.05, 0.1) is 12.3 Å². The summed E-state index contributed by atoms with van der Waals surface area (Å²) in [4.78, 5) is 17.5. The smallest absolute Gasteiger partial charge is 0.341 e. The van der Waals surface area contributed by atoms with Gasteiger partial charge in [-0.1, -0.05) is 55.5 Å². The Hall–Kier alpha value is -3.60. The molecule has 1 aliphatic heterocycles. The van der Waals surface area contributed by atoms with Crippen LogP contribution in [0.5, 0.6) is 5.75 Å². The van der Waals surface area contributed by atoms with E-state index in [2.05, 4.69) is 72.3 Å². The number of anilines is 1. The van der Waals surface area contributed by atoms with E-state index in [-0.39, 0.29) is 6.61 Å². The third-order valence-electron chi connectivity index (χ3n) is 5.95. The first kappa shape index (κ1) is 22.6. The second-order valence-electron chi connectivity index (χ2n) is 8.49. The Balaban J connectivity index is 1.57. The van der Waals surface area contributed by atoms with Crippen LogP contribution in [0, 0.1) is 13.8 Å². The predicted octanol–water partition coefficient (Wildman–Crippen LogP) is 5.65. The van der Waals surface area contributed by atoms with Crippen molar-refractivity contribution in [2.75, 3.05) is 24.6 Å². The number of ether oxygens (including phenoxy) is 1. The number of carboxylic acids is 1. The van der Waals surface area contributed by atoms with Crippen molar-refractivity contribution in [3.63, 3.8) is 0 Å². The Kier molecular flexibility index (Phi) is 6.78. The summed E-state index contributed by atoms with van der Waals surface area (Å²) in [5.41, 5.74) is 9.47. The monoisotopic (exact) mass is 442 g/mol. The van der Waals surface area contributed by atoms with Crippen LogP contribution in [0.15, 0.2) is 65.7 Å². The van der Waals surface area contributed by atoms with Crippen molar-refractivity contribution in [2.45, 2.75) is 33.7 Å². The van der Waals surface area contributed by atoms with E-state index in [0.29, 0.717) is 5.75 Å². The molecule has 1 N–H and O–H groups in total. The average Bonchev–Trinajstić information content (AvgIpc) is 3.64. The zero-order chi connectivity index (χ0) is 23.4. The van der Waals surface area contributed by atoms with Gasteiger partial charge in [0.1, 0.15) is 5.75 Å². The maximum atomic E-state index is 10.8. The fourth-order valence-electron chi connectivity index (χ4n) is 4.23. The van der Waals surface area contributed by atoms with Gasteiger partial charge in [0.25, 0.3) is 0 Å². The van der Waals surface area contributed by atoms with Crippen LogP contribution in [0.2, 0.25) is 0 Å². The SMILES string of the molecule is CCCN(Cc1ccc(OCC(=O)O)c(C)c1)c1cccc(-c2ccc(C3=NC3)cc2)c1C. The molecule has 3 aromatic rings. The molecule has 170 valence electrons. The number of carbonyl (C=O) groups is 1. The second-order valence-corrected chi connectivity index (χ2v) is 8.49. The van der Waals surface area contributed by atoms with E-state index in [9.17, 15) is 4.79 Å². The molecule has 0 atom stereocenters. The number of nitrogens with zero attached hydrogens (tertiary/aromatic N) is 2. The Morgan fingerprint density at radius 1 is 1.06 bits per heavy atom. The largest absolute Gasteiger partial charge is 0.482 e. The number of rotatable bonds is 10. The average molecular weight is 443 g/mol. The van der Waals surface area contributed by atoms with Gasteiger partial charge in [-0.25, -0.2) is 4.79 Å². The quantitative estimate of drug-likeness (QED) is 0.441. The van der Waals surface area contributed by atoms with Gasteiger partial charge < -0.3 is 14.7 Å². The second kappa shape index (κ2) is 9.90. The maximum absolute atomic E-state index is 10.8. The Bertz CT molecular complexity index is 1180. The molecule has 0 aliphatic carbocycles. The number of benzene rings is 3. The lowest BCUT2D eigenvalue weighted by molar-refractivity contribution is -0.139. The minimum absolute atomic E-state index is 0.330. The van der Waals surface area contributed by atoms with Crippen molar-refractivity contribution in [3.05, 3.63) is 82.9 Å².